The zero-order valence-corrected chi connectivity index (χ0v) is 17.9. The van der Waals surface area contributed by atoms with Gasteiger partial charge in [-0.2, -0.15) is 0 Å². The molecule has 2 amide bonds. The molecule has 1 N–H and O–H groups in total. The van der Waals surface area contributed by atoms with Crippen LogP contribution in [0.15, 0.2) is 12.1 Å². The fraction of sp³-hybridized carbons (Fsp3) is 0.619. The lowest BCUT2D eigenvalue weighted by Crippen LogP contribution is -2.52. The van der Waals surface area contributed by atoms with Crippen molar-refractivity contribution in [2.24, 2.45) is 0 Å². The summed E-state index contributed by atoms with van der Waals surface area (Å²) in [6.45, 7) is 12.3. The van der Waals surface area contributed by atoms with Gasteiger partial charge in [-0.05, 0) is 64.3 Å². The van der Waals surface area contributed by atoms with E-state index in [0.29, 0.717) is 13.2 Å². The van der Waals surface area contributed by atoms with Crippen molar-refractivity contribution < 1.29 is 23.8 Å². The van der Waals surface area contributed by atoms with Crippen molar-refractivity contribution in [1.82, 2.24) is 10.2 Å². The Bertz CT molecular complexity index is 726. The number of ether oxygens (including phenoxy) is 3. The normalized spacial score (nSPS) is 18.4. The second-order valence-corrected chi connectivity index (χ2v) is 8.12. The van der Waals surface area contributed by atoms with E-state index in [4.69, 9.17) is 14.2 Å². The fourth-order valence-corrected chi connectivity index (χ4v) is 3.19. The number of methoxy groups -OCH3 is 1. The topological polar surface area (TPSA) is 77.1 Å². The monoisotopic (exact) mass is 392 g/mol. The van der Waals surface area contributed by atoms with Crippen molar-refractivity contribution in [2.75, 3.05) is 26.8 Å². The molecule has 1 aromatic rings. The van der Waals surface area contributed by atoms with E-state index in [2.05, 4.69) is 5.32 Å². The van der Waals surface area contributed by atoms with Gasteiger partial charge >= 0.3 is 6.09 Å². The highest BCUT2D eigenvalue weighted by molar-refractivity contribution is 5.82. The molecule has 1 aromatic carbocycles. The number of hydrogen-bond donors (Lipinski definition) is 1. The van der Waals surface area contributed by atoms with Gasteiger partial charge in [0.15, 0.2) is 6.10 Å². The summed E-state index contributed by atoms with van der Waals surface area (Å²) in [5.41, 5.74) is 2.57. The Morgan fingerprint density at radius 3 is 2.54 bits per heavy atom. The fourth-order valence-electron chi connectivity index (χ4n) is 3.19. The van der Waals surface area contributed by atoms with Crippen LogP contribution in [0.4, 0.5) is 4.79 Å². The highest BCUT2D eigenvalue weighted by atomic mass is 16.6. The molecule has 1 saturated heterocycles. The van der Waals surface area contributed by atoms with Gasteiger partial charge in [0.05, 0.1) is 26.3 Å². The van der Waals surface area contributed by atoms with Crippen LogP contribution >= 0.6 is 0 Å². The molecule has 0 radical (unpaired) electrons. The minimum Gasteiger partial charge on any atom is -0.496 e. The lowest BCUT2D eigenvalue weighted by atomic mass is 9.97. The Morgan fingerprint density at radius 1 is 1.25 bits per heavy atom. The summed E-state index contributed by atoms with van der Waals surface area (Å²) in [6.07, 6.45) is -1.15. The first-order chi connectivity index (χ1) is 13.0. The minimum atomic E-state index is -0.719. The lowest BCUT2D eigenvalue weighted by Gasteiger charge is -2.34. The second-order valence-electron chi connectivity index (χ2n) is 8.12. The van der Waals surface area contributed by atoms with E-state index in [1.807, 2.05) is 53.7 Å². The summed E-state index contributed by atoms with van der Waals surface area (Å²) in [6, 6.07) is 3.67. The molecule has 28 heavy (non-hydrogen) atoms. The van der Waals surface area contributed by atoms with Crippen LogP contribution in [0.1, 0.15) is 50.4 Å². The molecule has 0 aliphatic carbocycles. The predicted octanol–water partition coefficient (Wildman–Crippen LogP) is 3.13. The molecule has 7 heteroatoms. The average molecular weight is 392 g/mol. The van der Waals surface area contributed by atoms with E-state index in [1.165, 1.54) is 4.90 Å². The largest absolute Gasteiger partial charge is 0.496 e. The Labute approximate surface area is 167 Å². The van der Waals surface area contributed by atoms with Crippen LogP contribution in [0.2, 0.25) is 0 Å². The molecule has 0 aromatic heterocycles. The maximum absolute atomic E-state index is 12.7. The number of benzene rings is 1. The number of amides is 2. The van der Waals surface area contributed by atoms with Crippen LogP contribution in [0.3, 0.4) is 0 Å². The van der Waals surface area contributed by atoms with Crippen molar-refractivity contribution in [3.63, 3.8) is 0 Å². The first kappa shape index (κ1) is 22.0. The van der Waals surface area contributed by atoms with Gasteiger partial charge in [-0.1, -0.05) is 6.07 Å². The van der Waals surface area contributed by atoms with E-state index < -0.39 is 17.8 Å². The van der Waals surface area contributed by atoms with Crippen molar-refractivity contribution >= 4 is 12.0 Å². The average Bonchev–Trinajstić information content (AvgIpc) is 2.62. The van der Waals surface area contributed by atoms with E-state index in [1.54, 1.807) is 7.11 Å². The Balaban J connectivity index is 2.02. The zero-order valence-electron chi connectivity index (χ0n) is 17.9. The number of nitrogens with zero attached hydrogens (tertiary/aromatic N) is 1. The number of nitrogens with one attached hydrogen (secondary N) is 1. The van der Waals surface area contributed by atoms with Crippen LogP contribution in [-0.4, -0.2) is 55.4 Å². The first-order valence-electron chi connectivity index (χ1n) is 9.57. The van der Waals surface area contributed by atoms with Crippen LogP contribution in [0, 0.1) is 13.8 Å². The van der Waals surface area contributed by atoms with Gasteiger partial charge in [0.2, 0.25) is 0 Å². The Hall–Kier alpha value is -2.28. The maximum Gasteiger partial charge on any atom is 0.410 e. The first-order valence-corrected chi connectivity index (χ1v) is 9.57. The van der Waals surface area contributed by atoms with E-state index in [9.17, 15) is 9.59 Å². The van der Waals surface area contributed by atoms with Gasteiger partial charge in [0.1, 0.15) is 11.4 Å². The SMILES string of the molecule is COc1ccc(C(C)NC(=O)C2CN(C(=O)OC(C)(C)C)CCO2)c(C)c1C. The van der Waals surface area contributed by atoms with Crippen molar-refractivity contribution in [3.05, 3.63) is 28.8 Å². The van der Waals surface area contributed by atoms with Crippen LogP contribution in [0.5, 0.6) is 5.75 Å². The summed E-state index contributed by atoms with van der Waals surface area (Å²) >= 11 is 0. The van der Waals surface area contributed by atoms with Crippen LogP contribution in [-0.2, 0) is 14.3 Å². The molecule has 2 unspecified atom stereocenters. The van der Waals surface area contributed by atoms with Gasteiger partial charge in [-0.25, -0.2) is 4.79 Å². The van der Waals surface area contributed by atoms with Gasteiger partial charge < -0.3 is 24.4 Å². The molecular weight excluding hydrogens is 360 g/mol. The smallest absolute Gasteiger partial charge is 0.410 e. The summed E-state index contributed by atoms with van der Waals surface area (Å²) in [7, 11) is 1.64. The zero-order chi connectivity index (χ0) is 21.1. The quantitative estimate of drug-likeness (QED) is 0.852. The van der Waals surface area contributed by atoms with E-state index in [-0.39, 0.29) is 18.5 Å². The molecule has 1 heterocycles. The number of carbonyl (C=O) groups excluding carboxylic acids is 2. The molecule has 7 nitrogen and oxygen atoms in total. The molecule has 2 atom stereocenters. The molecule has 2 rings (SSSR count). The van der Waals surface area contributed by atoms with Crippen molar-refractivity contribution in [1.29, 1.82) is 0 Å². The number of morpholine rings is 1. The standard InChI is InChI=1S/C21H32N2O5/c1-13-14(2)17(26-7)9-8-16(13)15(3)22-19(24)18-12-23(10-11-27-18)20(25)28-21(4,5)6/h8-9,15,18H,10-12H2,1-7H3,(H,22,24). The molecule has 1 fully saturated rings. The molecule has 1 aliphatic rings. The predicted molar refractivity (Wildman–Crippen MR) is 107 cm³/mol. The Morgan fingerprint density at radius 2 is 1.93 bits per heavy atom. The lowest BCUT2D eigenvalue weighted by molar-refractivity contribution is -0.138. The Kier molecular flexibility index (Phi) is 6.93. The number of rotatable bonds is 4. The molecule has 0 bridgehead atoms. The van der Waals surface area contributed by atoms with Gasteiger partial charge in [-0.3, -0.25) is 4.79 Å². The highest BCUT2D eigenvalue weighted by Gasteiger charge is 2.32. The highest BCUT2D eigenvalue weighted by Crippen LogP contribution is 2.27. The molecule has 1 aliphatic heterocycles. The third kappa shape index (κ3) is 5.38. The van der Waals surface area contributed by atoms with E-state index >= 15 is 0 Å². The maximum atomic E-state index is 12.7. The molecule has 156 valence electrons. The van der Waals surface area contributed by atoms with E-state index in [0.717, 1.165) is 22.4 Å². The summed E-state index contributed by atoms with van der Waals surface area (Å²) < 4.78 is 16.3. The van der Waals surface area contributed by atoms with Gasteiger partial charge in [-0.15, -0.1) is 0 Å². The third-order valence-electron chi connectivity index (χ3n) is 4.84. The van der Waals surface area contributed by atoms with Crippen LogP contribution in [0.25, 0.3) is 0 Å². The number of hydrogen-bond acceptors (Lipinski definition) is 5. The molecule has 0 spiro atoms. The number of carbonyl (C=O) groups is 2. The summed E-state index contributed by atoms with van der Waals surface area (Å²) in [5.74, 6) is 0.581. The summed E-state index contributed by atoms with van der Waals surface area (Å²) in [5, 5.41) is 3.00. The van der Waals surface area contributed by atoms with Crippen molar-refractivity contribution in [2.45, 2.75) is 59.3 Å². The van der Waals surface area contributed by atoms with Crippen molar-refractivity contribution in [3.8, 4) is 5.75 Å². The summed E-state index contributed by atoms with van der Waals surface area (Å²) in [4.78, 5) is 26.5. The molecular formula is C21H32N2O5. The molecule has 0 saturated carbocycles. The van der Waals surface area contributed by atoms with Gasteiger partial charge in [0.25, 0.3) is 5.91 Å². The van der Waals surface area contributed by atoms with Crippen LogP contribution < -0.4 is 10.1 Å². The third-order valence-corrected chi connectivity index (χ3v) is 4.84. The van der Waals surface area contributed by atoms with Gasteiger partial charge in [0, 0.05) is 6.54 Å². The second kappa shape index (κ2) is 8.82. The minimum absolute atomic E-state index is 0.175.